The third kappa shape index (κ3) is 2.62. The van der Waals surface area contributed by atoms with E-state index in [-0.39, 0.29) is 0 Å². The van der Waals surface area contributed by atoms with E-state index in [0.29, 0.717) is 6.04 Å². The van der Waals surface area contributed by atoms with E-state index in [0.717, 1.165) is 12.2 Å². The van der Waals surface area contributed by atoms with E-state index in [2.05, 4.69) is 46.9 Å². The molecule has 1 atom stereocenters. The number of likely N-dealkylation sites (N-methyl/N-ethyl adjacent to an activating group) is 1. The summed E-state index contributed by atoms with van der Waals surface area (Å²) in [6, 6.07) is 6.93. The van der Waals surface area contributed by atoms with Crippen molar-refractivity contribution in [3.05, 3.63) is 53.1 Å². The number of rotatable bonds is 4. The summed E-state index contributed by atoms with van der Waals surface area (Å²) in [5, 5.41) is 3.39. The summed E-state index contributed by atoms with van der Waals surface area (Å²) in [5.41, 5.74) is 4.00. The van der Waals surface area contributed by atoms with E-state index in [1.54, 1.807) is 0 Å². The Morgan fingerprint density at radius 2 is 2.11 bits per heavy atom. The van der Waals surface area contributed by atoms with Gasteiger partial charge in [-0.05, 0) is 32.0 Å². The van der Waals surface area contributed by atoms with Crippen molar-refractivity contribution in [2.45, 2.75) is 26.3 Å². The largest absolute Gasteiger partial charge is 0.338 e. The smallest absolute Gasteiger partial charge is 0.110 e. The number of benzene rings is 1. The molecule has 2 rings (SSSR count). The fourth-order valence-electron chi connectivity index (χ4n) is 2.36. The van der Waals surface area contributed by atoms with Crippen LogP contribution in [0.3, 0.4) is 0 Å². The third-order valence-electron chi connectivity index (χ3n) is 3.46. The quantitative estimate of drug-likeness (QED) is 0.894. The molecule has 0 aliphatic heterocycles. The standard InChI is InChI=1S/C15H21N3/c1-11-5-6-13(12(2)9-11)14(16-3)10-15-17-7-8-18(15)4/h5-9,14,16H,10H2,1-4H3. The SMILES string of the molecule is CNC(Cc1nccn1C)c1ccc(C)cc1C. The second-order valence-electron chi connectivity index (χ2n) is 4.86. The molecule has 96 valence electrons. The van der Waals surface area contributed by atoms with Crippen LogP contribution in [0.1, 0.15) is 28.6 Å². The van der Waals surface area contributed by atoms with Gasteiger partial charge >= 0.3 is 0 Å². The normalized spacial score (nSPS) is 12.7. The van der Waals surface area contributed by atoms with Gasteiger partial charge in [0, 0.05) is 31.9 Å². The van der Waals surface area contributed by atoms with Crippen LogP contribution in [0, 0.1) is 13.8 Å². The molecule has 3 heteroatoms. The average molecular weight is 243 g/mol. The molecular formula is C15H21N3. The topological polar surface area (TPSA) is 29.9 Å². The molecule has 0 aliphatic carbocycles. The molecule has 0 amide bonds. The van der Waals surface area contributed by atoms with Crippen LogP contribution in [0.25, 0.3) is 0 Å². The van der Waals surface area contributed by atoms with Crippen LogP contribution >= 0.6 is 0 Å². The van der Waals surface area contributed by atoms with Crippen molar-refractivity contribution in [2.75, 3.05) is 7.05 Å². The summed E-state index contributed by atoms with van der Waals surface area (Å²) in [7, 11) is 4.05. The van der Waals surface area contributed by atoms with Crippen LogP contribution in [0.2, 0.25) is 0 Å². The lowest BCUT2D eigenvalue weighted by atomic mass is 9.97. The molecule has 0 bridgehead atoms. The minimum atomic E-state index is 0.312. The fourth-order valence-corrected chi connectivity index (χ4v) is 2.36. The molecule has 1 unspecified atom stereocenters. The molecule has 0 saturated heterocycles. The predicted molar refractivity (Wildman–Crippen MR) is 74.6 cm³/mol. The lowest BCUT2D eigenvalue weighted by molar-refractivity contribution is 0.561. The number of nitrogens with one attached hydrogen (secondary N) is 1. The molecule has 1 aromatic carbocycles. The van der Waals surface area contributed by atoms with Gasteiger partial charge in [0.1, 0.15) is 5.82 Å². The third-order valence-corrected chi connectivity index (χ3v) is 3.46. The van der Waals surface area contributed by atoms with Gasteiger partial charge in [-0.1, -0.05) is 23.8 Å². The molecule has 2 aromatic rings. The van der Waals surface area contributed by atoms with E-state index >= 15 is 0 Å². The van der Waals surface area contributed by atoms with Crippen molar-refractivity contribution in [2.24, 2.45) is 7.05 Å². The van der Waals surface area contributed by atoms with Gasteiger partial charge in [0.2, 0.25) is 0 Å². The minimum absolute atomic E-state index is 0.312. The Bertz CT molecular complexity index is 528. The molecule has 18 heavy (non-hydrogen) atoms. The van der Waals surface area contributed by atoms with Crippen LogP contribution in [-0.2, 0) is 13.5 Å². The number of aryl methyl sites for hydroxylation is 3. The van der Waals surface area contributed by atoms with Gasteiger partial charge in [0.05, 0.1) is 0 Å². The van der Waals surface area contributed by atoms with Crippen LogP contribution in [0.5, 0.6) is 0 Å². The van der Waals surface area contributed by atoms with Crippen molar-refractivity contribution < 1.29 is 0 Å². The molecule has 0 fully saturated rings. The monoisotopic (exact) mass is 243 g/mol. The van der Waals surface area contributed by atoms with Gasteiger partial charge in [0.15, 0.2) is 0 Å². The first-order valence-corrected chi connectivity index (χ1v) is 6.32. The van der Waals surface area contributed by atoms with Crippen molar-refractivity contribution in [3.63, 3.8) is 0 Å². The van der Waals surface area contributed by atoms with Crippen LogP contribution in [0.4, 0.5) is 0 Å². The Labute approximate surface area is 109 Å². The number of imidazole rings is 1. The predicted octanol–water partition coefficient (Wildman–Crippen LogP) is 2.54. The lowest BCUT2D eigenvalue weighted by Gasteiger charge is -2.19. The van der Waals surface area contributed by atoms with Gasteiger partial charge < -0.3 is 9.88 Å². The van der Waals surface area contributed by atoms with E-state index in [1.165, 1.54) is 16.7 Å². The molecule has 1 N–H and O–H groups in total. The zero-order chi connectivity index (χ0) is 13.1. The maximum atomic E-state index is 4.40. The summed E-state index contributed by atoms with van der Waals surface area (Å²) >= 11 is 0. The molecule has 0 spiro atoms. The number of hydrogen-bond donors (Lipinski definition) is 1. The highest BCUT2D eigenvalue weighted by atomic mass is 15.0. The second-order valence-corrected chi connectivity index (χ2v) is 4.86. The van der Waals surface area contributed by atoms with Gasteiger partial charge in [0.25, 0.3) is 0 Å². The van der Waals surface area contributed by atoms with Crippen LogP contribution < -0.4 is 5.32 Å². The Kier molecular flexibility index (Phi) is 3.82. The van der Waals surface area contributed by atoms with Crippen LogP contribution in [0.15, 0.2) is 30.6 Å². The highest BCUT2D eigenvalue weighted by Gasteiger charge is 2.14. The molecule has 0 aliphatic rings. The second kappa shape index (κ2) is 5.36. The molecular weight excluding hydrogens is 222 g/mol. The molecule has 3 nitrogen and oxygen atoms in total. The van der Waals surface area contributed by atoms with Crippen molar-refractivity contribution in [3.8, 4) is 0 Å². The summed E-state index contributed by atoms with van der Waals surface area (Å²) in [5.74, 6) is 1.11. The highest BCUT2D eigenvalue weighted by molar-refractivity contribution is 5.33. The van der Waals surface area contributed by atoms with Crippen LogP contribution in [-0.4, -0.2) is 16.6 Å². The Hall–Kier alpha value is -1.61. The van der Waals surface area contributed by atoms with Crippen molar-refractivity contribution >= 4 is 0 Å². The maximum absolute atomic E-state index is 4.40. The summed E-state index contributed by atoms with van der Waals surface area (Å²) < 4.78 is 2.08. The minimum Gasteiger partial charge on any atom is -0.338 e. The zero-order valence-corrected chi connectivity index (χ0v) is 11.6. The molecule has 1 aromatic heterocycles. The summed E-state index contributed by atoms with van der Waals surface area (Å²) in [6.07, 6.45) is 4.75. The van der Waals surface area contributed by atoms with Crippen molar-refractivity contribution in [1.82, 2.24) is 14.9 Å². The first-order chi connectivity index (χ1) is 8.61. The Balaban J connectivity index is 2.26. The lowest BCUT2D eigenvalue weighted by Crippen LogP contribution is -2.21. The molecule has 1 heterocycles. The Morgan fingerprint density at radius 1 is 1.33 bits per heavy atom. The molecule has 0 radical (unpaired) electrons. The highest BCUT2D eigenvalue weighted by Crippen LogP contribution is 2.21. The van der Waals surface area contributed by atoms with Gasteiger partial charge in [-0.2, -0.15) is 0 Å². The van der Waals surface area contributed by atoms with E-state index in [1.807, 2.05) is 26.5 Å². The zero-order valence-electron chi connectivity index (χ0n) is 11.6. The first kappa shape index (κ1) is 12.8. The number of hydrogen-bond acceptors (Lipinski definition) is 2. The van der Waals surface area contributed by atoms with Gasteiger partial charge in [-0.3, -0.25) is 0 Å². The molecule has 0 saturated carbocycles. The summed E-state index contributed by atoms with van der Waals surface area (Å²) in [6.45, 7) is 4.30. The van der Waals surface area contributed by atoms with E-state index in [4.69, 9.17) is 0 Å². The maximum Gasteiger partial charge on any atom is 0.110 e. The average Bonchev–Trinajstić information content (AvgIpc) is 2.73. The van der Waals surface area contributed by atoms with Crippen molar-refractivity contribution in [1.29, 1.82) is 0 Å². The number of nitrogens with zero attached hydrogens (tertiary/aromatic N) is 2. The van der Waals surface area contributed by atoms with E-state index in [9.17, 15) is 0 Å². The van der Waals surface area contributed by atoms with Gasteiger partial charge in [-0.15, -0.1) is 0 Å². The summed E-state index contributed by atoms with van der Waals surface area (Å²) in [4.78, 5) is 4.40. The first-order valence-electron chi connectivity index (χ1n) is 6.32. The van der Waals surface area contributed by atoms with Gasteiger partial charge in [-0.25, -0.2) is 4.98 Å². The Morgan fingerprint density at radius 3 is 2.67 bits per heavy atom. The van der Waals surface area contributed by atoms with E-state index < -0.39 is 0 Å². The number of aromatic nitrogens is 2. The fraction of sp³-hybridized carbons (Fsp3) is 0.400.